The predicted molar refractivity (Wildman–Crippen MR) is 221 cm³/mol. The predicted octanol–water partition coefficient (Wildman–Crippen LogP) is 14.3. The normalized spacial score (nSPS) is 15.4. The van der Waals surface area contributed by atoms with Gasteiger partial charge in [0.1, 0.15) is 5.58 Å². The second kappa shape index (κ2) is 10.7. The molecule has 260 valence electrons. The quantitative estimate of drug-likeness (QED) is 0.185. The molecule has 0 fully saturated rings. The fourth-order valence-electron chi connectivity index (χ4n) is 9.20. The van der Waals surface area contributed by atoms with E-state index < -0.39 is 0 Å². The number of anilines is 3. The first-order valence-corrected chi connectivity index (χ1v) is 18.9. The van der Waals surface area contributed by atoms with Crippen molar-refractivity contribution in [3.63, 3.8) is 0 Å². The van der Waals surface area contributed by atoms with Gasteiger partial charge in [0.05, 0.1) is 5.69 Å². The highest BCUT2D eigenvalue weighted by atomic mass is 16.3. The molecule has 2 heteroatoms. The molecule has 2 aliphatic carbocycles. The van der Waals surface area contributed by atoms with Crippen molar-refractivity contribution < 1.29 is 4.42 Å². The number of nitrogens with zero attached hydrogens (tertiary/aromatic N) is 1. The lowest BCUT2D eigenvalue weighted by Gasteiger charge is -2.29. The zero-order valence-electron chi connectivity index (χ0n) is 32.3. The first-order valence-electron chi connectivity index (χ1n) is 18.9. The number of hydrogen-bond acceptors (Lipinski definition) is 2. The van der Waals surface area contributed by atoms with Crippen LogP contribution in [0.2, 0.25) is 0 Å². The molecule has 0 radical (unpaired) electrons. The maximum Gasteiger partial charge on any atom is 0.159 e. The summed E-state index contributed by atoms with van der Waals surface area (Å²) in [5.74, 6) is 0. The summed E-state index contributed by atoms with van der Waals surface area (Å²) in [6.45, 7) is 23.3. The van der Waals surface area contributed by atoms with E-state index in [-0.39, 0.29) is 21.7 Å². The highest BCUT2D eigenvalue weighted by Gasteiger charge is 2.38. The van der Waals surface area contributed by atoms with Crippen LogP contribution in [-0.2, 0) is 21.7 Å². The molecular weight excluding hydrogens is 631 g/mol. The van der Waals surface area contributed by atoms with Gasteiger partial charge in [-0.1, -0.05) is 148 Å². The zero-order valence-corrected chi connectivity index (χ0v) is 32.3. The summed E-state index contributed by atoms with van der Waals surface area (Å²) in [6, 6.07) is 43.4. The van der Waals surface area contributed by atoms with Gasteiger partial charge in [0.2, 0.25) is 0 Å². The molecule has 6 aromatic carbocycles. The lowest BCUT2D eigenvalue weighted by molar-refractivity contribution is 0.569. The molecule has 0 bridgehead atoms. The van der Waals surface area contributed by atoms with E-state index in [0.717, 1.165) is 33.6 Å². The largest absolute Gasteiger partial charge is 0.454 e. The van der Waals surface area contributed by atoms with Crippen molar-refractivity contribution in [2.75, 3.05) is 4.90 Å². The van der Waals surface area contributed by atoms with Crippen LogP contribution in [0.5, 0.6) is 0 Å². The molecule has 0 spiro atoms. The topological polar surface area (TPSA) is 16.4 Å². The Bertz CT molecular complexity index is 2490. The van der Waals surface area contributed by atoms with Crippen molar-refractivity contribution in [1.29, 1.82) is 0 Å². The van der Waals surface area contributed by atoms with Crippen LogP contribution >= 0.6 is 0 Å². The van der Waals surface area contributed by atoms with Crippen molar-refractivity contribution in [2.24, 2.45) is 0 Å². The molecular formula is C50H49NO. The fraction of sp³-hybridized carbons (Fsp3) is 0.280. The minimum Gasteiger partial charge on any atom is -0.454 e. The van der Waals surface area contributed by atoms with Crippen LogP contribution in [0.25, 0.3) is 44.2 Å². The summed E-state index contributed by atoms with van der Waals surface area (Å²) in [6.07, 6.45) is 0. The van der Waals surface area contributed by atoms with E-state index in [1.165, 1.54) is 61.0 Å². The smallest absolute Gasteiger partial charge is 0.159 e. The van der Waals surface area contributed by atoms with Crippen molar-refractivity contribution in [3.8, 4) is 22.3 Å². The highest BCUT2D eigenvalue weighted by Crippen LogP contribution is 2.54. The van der Waals surface area contributed by atoms with E-state index in [1.54, 1.807) is 0 Å². The summed E-state index contributed by atoms with van der Waals surface area (Å²) >= 11 is 0. The van der Waals surface area contributed by atoms with Gasteiger partial charge in [0, 0.05) is 33.0 Å². The average molecular weight is 680 g/mol. The Morgan fingerprint density at radius 3 is 1.54 bits per heavy atom. The van der Waals surface area contributed by atoms with E-state index in [1.807, 2.05) is 0 Å². The number of rotatable bonds is 3. The Morgan fingerprint density at radius 1 is 0.500 bits per heavy atom. The molecule has 0 saturated carbocycles. The second-order valence-electron chi connectivity index (χ2n) is 18.3. The Hall–Kier alpha value is -5.08. The Labute approximate surface area is 309 Å². The lowest BCUT2D eigenvalue weighted by Crippen LogP contribution is -2.18. The molecule has 0 unspecified atom stereocenters. The third kappa shape index (κ3) is 4.62. The van der Waals surface area contributed by atoms with E-state index in [4.69, 9.17) is 4.42 Å². The Kier molecular flexibility index (Phi) is 6.77. The summed E-state index contributed by atoms with van der Waals surface area (Å²) < 4.78 is 7.11. The molecule has 1 aromatic heterocycles. The van der Waals surface area contributed by atoms with Crippen LogP contribution in [0.15, 0.2) is 120 Å². The summed E-state index contributed by atoms with van der Waals surface area (Å²) in [5, 5.41) is 2.37. The minimum atomic E-state index is -0.120. The molecule has 0 aliphatic heterocycles. The summed E-state index contributed by atoms with van der Waals surface area (Å²) in [5.41, 5.74) is 18.3. The number of fused-ring (bicyclic) bond motifs is 9. The molecule has 2 nitrogen and oxygen atoms in total. The molecule has 0 saturated heterocycles. The van der Waals surface area contributed by atoms with Crippen LogP contribution in [-0.4, -0.2) is 0 Å². The van der Waals surface area contributed by atoms with Gasteiger partial charge in [0.15, 0.2) is 5.58 Å². The summed E-state index contributed by atoms with van der Waals surface area (Å²) in [4.78, 5) is 2.45. The number of para-hydroxylation sites is 1. The van der Waals surface area contributed by atoms with Gasteiger partial charge >= 0.3 is 0 Å². The first kappa shape index (κ1) is 32.8. The van der Waals surface area contributed by atoms with Gasteiger partial charge in [-0.05, 0) is 103 Å². The van der Waals surface area contributed by atoms with Crippen molar-refractivity contribution in [3.05, 3.63) is 149 Å². The molecule has 2 aliphatic rings. The standard InChI is InChI=1S/C50H49NO/c1-47(2,3)30-26-42(48(4,5)6)45-37-18-15-21-43(46(37)52-44(45)27-30)51(31-22-24-35-33-16-11-13-19-38(33)49(7,8)40(35)28-31)32-23-25-36-34-17-12-14-20-39(34)50(9,10)41(36)29-32/h11-29H,1-10H3. The number of hydrogen-bond donors (Lipinski definition) is 0. The van der Waals surface area contributed by atoms with Crippen LogP contribution in [0.4, 0.5) is 17.1 Å². The SMILES string of the molecule is CC(C)(C)c1cc(C(C)(C)C)c2c(c1)oc1c(N(c3ccc4c(c3)C(C)(C)c3ccccc3-4)c3ccc4c(c3)C(C)(C)c3ccccc3-4)cccc12. The summed E-state index contributed by atoms with van der Waals surface area (Å²) in [7, 11) is 0. The molecule has 0 atom stereocenters. The van der Waals surface area contributed by atoms with Gasteiger partial charge in [-0.15, -0.1) is 0 Å². The molecule has 52 heavy (non-hydrogen) atoms. The second-order valence-corrected chi connectivity index (χ2v) is 18.3. The van der Waals surface area contributed by atoms with Gasteiger partial charge in [-0.2, -0.15) is 0 Å². The van der Waals surface area contributed by atoms with Gasteiger partial charge in [0.25, 0.3) is 0 Å². The van der Waals surface area contributed by atoms with E-state index in [0.29, 0.717) is 0 Å². The molecule has 0 amide bonds. The van der Waals surface area contributed by atoms with E-state index >= 15 is 0 Å². The first-order chi connectivity index (χ1) is 24.6. The highest BCUT2D eigenvalue weighted by molar-refractivity contribution is 6.12. The van der Waals surface area contributed by atoms with Gasteiger partial charge in [-0.3, -0.25) is 0 Å². The Balaban J connectivity index is 1.33. The third-order valence-electron chi connectivity index (χ3n) is 12.1. The lowest BCUT2D eigenvalue weighted by atomic mass is 9.79. The van der Waals surface area contributed by atoms with E-state index in [9.17, 15) is 0 Å². The Morgan fingerprint density at radius 2 is 1.02 bits per heavy atom. The van der Waals surface area contributed by atoms with Crippen LogP contribution in [0.1, 0.15) is 103 Å². The van der Waals surface area contributed by atoms with Crippen LogP contribution in [0, 0.1) is 0 Å². The van der Waals surface area contributed by atoms with Gasteiger partial charge < -0.3 is 9.32 Å². The molecule has 9 rings (SSSR count). The van der Waals surface area contributed by atoms with Crippen molar-refractivity contribution in [2.45, 2.75) is 90.9 Å². The van der Waals surface area contributed by atoms with E-state index in [2.05, 4.69) is 189 Å². The minimum absolute atomic E-state index is 0.00831. The molecule has 1 heterocycles. The number of benzene rings is 6. The maximum atomic E-state index is 7.11. The maximum absolute atomic E-state index is 7.11. The van der Waals surface area contributed by atoms with Crippen molar-refractivity contribution >= 4 is 39.0 Å². The molecule has 0 N–H and O–H groups in total. The average Bonchev–Trinajstić information content (AvgIpc) is 3.68. The van der Waals surface area contributed by atoms with Crippen LogP contribution in [0.3, 0.4) is 0 Å². The monoisotopic (exact) mass is 679 g/mol. The van der Waals surface area contributed by atoms with Crippen molar-refractivity contribution in [1.82, 2.24) is 0 Å². The molecule has 7 aromatic rings. The number of furan rings is 1. The van der Waals surface area contributed by atoms with Gasteiger partial charge in [-0.25, -0.2) is 0 Å². The fourth-order valence-corrected chi connectivity index (χ4v) is 9.20. The third-order valence-corrected chi connectivity index (χ3v) is 12.1. The van der Waals surface area contributed by atoms with Crippen LogP contribution < -0.4 is 4.90 Å². The zero-order chi connectivity index (χ0) is 36.5.